The standard InChI is InChI=1S/C58H34N6O/c59-35-39-33-46(58-61-56(37-21-7-2-8-22-37)60-57(62-58)38-23-9-3-10-24-38)51-43-29-15-18-32-49(43)65-55(51)52(39)64-47-30-16-13-27-41(47)45-34-44(36-19-5-1-6-20-36)50-42-28-14-17-31-48(42)63(54(50)53(45)64)40-25-11-4-12-26-40/h1-34H. The van der Waals surface area contributed by atoms with Gasteiger partial charge < -0.3 is 13.6 Å². The van der Waals surface area contributed by atoms with Crippen LogP contribution in [0.25, 0.3) is 122 Å². The first-order valence-corrected chi connectivity index (χ1v) is 21.6. The molecule has 0 atom stereocenters. The summed E-state index contributed by atoms with van der Waals surface area (Å²) in [7, 11) is 0. The molecule has 65 heavy (non-hydrogen) atoms. The second kappa shape index (κ2) is 14.5. The number of hydrogen-bond acceptors (Lipinski definition) is 5. The van der Waals surface area contributed by atoms with Crippen LogP contribution in [0.15, 0.2) is 211 Å². The van der Waals surface area contributed by atoms with Gasteiger partial charge in [-0.25, -0.2) is 15.0 Å². The summed E-state index contributed by atoms with van der Waals surface area (Å²) >= 11 is 0. The van der Waals surface area contributed by atoms with Crippen LogP contribution in [0, 0.1) is 11.3 Å². The van der Waals surface area contributed by atoms with Crippen molar-refractivity contribution in [3.05, 3.63) is 212 Å². The van der Waals surface area contributed by atoms with E-state index in [1.54, 1.807) is 0 Å². The Kier molecular flexibility index (Phi) is 8.14. The van der Waals surface area contributed by atoms with Crippen LogP contribution in [-0.4, -0.2) is 24.1 Å². The number of aromatic nitrogens is 5. The molecule has 0 aliphatic carbocycles. The molecule has 0 aliphatic rings. The largest absolute Gasteiger partial charge is 0.454 e. The molecule has 0 unspecified atom stereocenters. The molecule has 4 heterocycles. The minimum absolute atomic E-state index is 0.416. The molecule has 0 aliphatic heterocycles. The van der Waals surface area contributed by atoms with E-state index in [2.05, 4.69) is 137 Å². The van der Waals surface area contributed by atoms with Crippen molar-refractivity contribution in [2.75, 3.05) is 0 Å². The van der Waals surface area contributed by atoms with E-state index < -0.39 is 0 Å². The van der Waals surface area contributed by atoms with Gasteiger partial charge in [0.25, 0.3) is 0 Å². The van der Waals surface area contributed by atoms with Crippen LogP contribution in [0.2, 0.25) is 0 Å². The van der Waals surface area contributed by atoms with Crippen LogP contribution < -0.4 is 0 Å². The third-order valence-electron chi connectivity index (χ3n) is 12.6. The zero-order valence-electron chi connectivity index (χ0n) is 34.7. The highest BCUT2D eigenvalue weighted by atomic mass is 16.3. The van der Waals surface area contributed by atoms with Crippen molar-refractivity contribution in [2.24, 2.45) is 0 Å². The van der Waals surface area contributed by atoms with Crippen molar-refractivity contribution in [2.45, 2.75) is 0 Å². The zero-order valence-corrected chi connectivity index (χ0v) is 34.7. The summed E-state index contributed by atoms with van der Waals surface area (Å²) in [6.07, 6.45) is 0. The predicted molar refractivity (Wildman–Crippen MR) is 262 cm³/mol. The molecule has 9 aromatic carbocycles. The van der Waals surface area contributed by atoms with Crippen molar-refractivity contribution in [1.29, 1.82) is 5.26 Å². The number of fused-ring (bicyclic) bond motifs is 10. The molecule has 7 heteroatoms. The molecule has 0 saturated heterocycles. The molecule has 0 fully saturated rings. The van der Waals surface area contributed by atoms with E-state index in [1.807, 2.05) is 84.9 Å². The predicted octanol–water partition coefficient (Wildman–Crippen LogP) is 14.5. The molecule has 7 nitrogen and oxygen atoms in total. The van der Waals surface area contributed by atoms with Gasteiger partial charge in [0.15, 0.2) is 23.1 Å². The average Bonchev–Trinajstić information content (AvgIpc) is 4.05. The lowest BCUT2D eigenvalue weighted by Crippen LogP contribution is -2.04. The maximum absolute atomic E-state index is 11.5. The molecule has 0 spiro atoms. The summed E-state index contributed by atoms with van der Waals surface area (Å²) in [6, 6.07) is 73.2. The maximum atomic E-state index is 11.5. The molecule has 0 saturated carbocycles. The fourth-order valence-electron chi connectivity index (χ4n) is 9.82. The Labute approximate surface area is 372 Å². The van der Waals surface area contributed by atoms with E-state index in [1.165, 1.54) is 0 Å². The van der Waals surface area contributed by atoms with E-state index in [9.17, 15) is 5.26 Å². The molecule has 0 N–H and O–H groups in total. The van der Waals surface area contributed by atoms with Crippen molar-refractivity contribution in [1.82, 2.24) is 24.1 Å². The van der Waals surface area contributed by atoms with Gasteiger partial charge in [0.2, 0.25) is 0 Å². The number of furan rings is 1. The minimum atomic E-state index is 0.416. The SMILES string of the molecule is N#Cc1cc(-c2nc(-c3ccccc3)nc(-c3ccccc3)n2)c2c(oc3ccccc32)c1-n1c2ccccc2c2cc(-c3ccccc3)c3c4ccccc4n(-c4ccccc4)c3c21. The van der Waals surface area contributed by atoms with Crippen molar-refractivity contribution < 1.29 is 4.42 Å². The van der Waals surface area contributed by atoms with Crippen LogP contribution in [0.5, 0.6) is 0 Å². The maximum Gasteiger partial charge on any atom is 0.164 e. The second-order valence-electron chi connectivity index (χ2n) is 16.2. The Hall–Kier alpha value is -9.12. The van der Waals surface area contributed by atoms with Crippen molar-refractivity contribution in [3.63, 3.8) is 0 Å². The average molecular weight is 831 g/mol. The summed E-state index contributed by atoms with van der Waals surface area (Å²) in [6.45, 7) is 0. The normalized spacial score (nSPS) is 11.7. The third-order valence-corrected chi connectivity index (χ3v) is 12.6. The lowest BCUT2D eigenvalue weighted by atomic mass is 9.96. The van der Waals surface area contributed by atoms with E-state index in [0.29, 0.717) is 45.5 Å². The van der Waals surface area contributed by atoms with Crippen LogP contribution in [0.3, 0.4) is 0 Å². The van der Waals surface area contributed by atoms with Gasteiger partial charge in [-0.3, -0.25) is 0 Å². The van der Waals surface area contributed by atoms with Gasteiger partial charge in [-0.05, 0) is 53.6 Å². The van der Waals surface area contributed by atoms with Crippen LogP contribution in [-0.2, 0) is 0 Å². The van der Waals surface area contributed by atoms with Gasteiger partial charge in [-0.2, -0.15) is 5.26 Å². The van der Waals surface area contributed by atoms with Gasteiger partial charge in [0.1, 0.15) is 17.3 Å². The molecule has 13 aromatic rings. The molecule has 4 aromatic heterocycles. The van der Waals surface area contributed by atoms with Gasteiger partial charge in [-0.15, -0.1) is 0 Å². The van der Waals surface area contributed by atoms with Gasteiger partial charge in [-0.1, -0.05) is 164 Å². The highest BCUT2D eigenvalue weighted by molar-refractivity contribution is 6.29. The molecule has 0 radical (unpaired) electrons. The monoisotopic (exact) mass is 830 g/mol. The van der Waals surface area contributed by atoms with E-state index in [0.717, 1.165) is 82.3 Å². The Morgan fingerprint density at radius 1 is 0.415 bits per heavy atom. The zero-order chi connectivity index (χ0) is 43.0. The number of nitriles is 1. The molecule has 302 valence electrons. The highest BCUT2D eigenvalue weighted by Gasteiger charge is 2.29. The molecule has 0 amide bonds. The third kappa shape index (κ3) is 5.58. The smallest absolute Gasteiger partial charge is 0.164 e. The van der Waals surface area contributed by atoms with Crippen molar-refractivity contribution in [3.8, 4) is 62.7 Å². The Bertz CT molecular complexity index is 3990. The van der Waals surface area contributed by atoms with E-state index >= 15 is 0 Å². The topological polar surface area (TPSA) is 85.5 Å². The first-order chi connectivity index (χ1) is 32.2. The second-order valence-corrected chi connectivity index (χ2v) is 16.2. The molecule has 13 rings (SSSR count). The lowest BCUT2D eigenvalue weighted by molar-refractivity contribution is 0.666. The van der Waals surface area contributed by atoms with Crippen LogP contribution in [0.4, 0.5) is 0 Å². The number of rotatable bonds is 6. The Morgan fingerprint density at radius 2 is 0.938 bits per heavy atom. The summed E-state index contributed by atoms with van der Waals surface area (Å²) in [5.41, 5.74) is 12.0. The highest BCUT2D eigenvalue weighted by Crippen LogP contribution is 2.49. The van der Waals surface area contributed by atoms with Crippen LogP contribution in [0.1, 0.15) is 5.56 Å². The molecule has 0 bridgehead atoms. The molecular weight excluding hydrogens is 797 g/mol. The van der Waals surface area contributed by atoms with Crippen LogP contribution >= 0.6 is 0 Å². The lowest BCUT2D eigenvalue weighted by Gasteiger charge is -2.16. The summed E-state index contributed by atoms with van der Waals surface area (Å²) in [5, 5.41) is 17.6. The Morgan fingerprint density at radius 3 is 1.58 bits per heavy atom. The first-order valence-electron chi connectivity index (χ1n) is 21.6. The number of nitrogens with zero attached hydrogens (tertiary/aromatic N) is 6. The number of hydrogen-bond donors (Lipinski definition) is 0. The number of para-hydroxylation sites is 4. The van der Waals surface area contributed by atoms with E-state index in [4.69, 9.17) is 19.4 Å². The number of benzene rings is 9. The summed E-state index contributed by atoms with van der Waals surface area (Å²) in [4.78, 5) is 15.3. The minimum Gasteiger partial charge on any atom is -0.454 e. The fraction of sp³-hybridized carbons (Fsp3) is 0. The quantitative estimate of drug-likeness (QED) is 0.167. The van der Waals surface area contributed by atoms with Gasteiger partial charge in [0, 0.05) is 54.7 Å². The van der Waals surface area contributed by atoms with Gasteiger partial charge >= 0.3 is 0 Å². The van der Waals surface area contributed by atoms with E-state index in [-0.39, 0.29) is 0 Å². The Balaban J connectivity index is 1.22. The first kappa shape index (κ1) is 36.5. The fourth-order valence-corrected chi connectivity index (χ4v) is 9.82. The van der Waals surface area contributed by atoms with Crippen molar-refractivity contribution >= 4 is 65.6 Å². The van der Waals surface area contributed by atoms with Gasteiger partial charge in [0.05, 0.1) is 27.6 Å². The summed E-state index contributed by atoms with van der Waals surface area (Å²) in [5.74, 6) is 1.51. The summed E-state index contributed by atoms with van der Waals surface area (Å²) < 4.78 is 11.7. The molecular formula is C58H34N6O.